The molecular formula is C17H25ClN2O3. The van der Waals surface area contributed by atoms with E-state index in [-0.39, 0.29) is 6.61 Å². The lowest BCUT2D eigenvalue weighted by Crippen LogP contribution is -2.27. The average Bonchev–Trinajstić information content (AvgIpc) is 2.79. The van der Waals surface area contributed by atoms with Gasteiger partial charge in [0.2, 0.25) is 0 Å². The molecule has 5 nitrogen and oxygen atoms in total. The first-order valence-electron chi connectivity index (χ1n) is 8.11. The van der Waals surface area contributed by atoms with Crippen LogP contribution in [0.4, 0.5) is 0 Å². The van der Waals surface area contributed by atoms with Gasteiger partial charge in [-0.25, -0.2) is 0 Å². The fourth-order valence-electron chi connectivity index (χ4n) is 2.90. The first kappa shape index (κ1) is 17.9. The molecule has 0 atom stereocenters. The Morgan fingerprint density at radius 1 is 1.30 bits per heavy atom. The Balaban J connectivity index is 2.01. The molecule has 0 spiro atoms. The molecule has 0 saturated heterocycles. The highest BCUT2D eigenvalue weighted by atomic mass is 35.5. The Morgan fingerprint density at radius 3 is 2.61 bits per heavy atom. The predicted molar refractivity (Wildman–Crippen MR) is 91.0 cm³/mol. The van der Waals surface area contributed by atoms with Crippen LogP contribution in [0.3, 0.4) is 0 Å². The summed E-state index contributed by atoms with van der Waals surface area (Å²) < 4.78 is 10.7. The number of amides is 1. The Bertz CT molecular complexity index is 529. The number of benzene rings is 1. The van der Waals surface area contributed by atoms with Crippen molar-refractivity contribution in [2.75, 3.05) is 13.7 Å². The van der Waals surface area contributed by atoms with Crippen molar-refractivity contribution in [3.05, 3.63) is 22.7 Å². The molecule has 128 valence electrons. The zero-order chi connectivity index (χ0) is 16.7. The highest BCUT2D eigenvalue weighted by Gasteiger charge is 2.15. The lowest BCUT2D eigenvalue weighted by molar-refractivity contribution is -0.119. The van der Waals surface area contributed by atoms with E-state index in [2.05, 4.69) is 5.32 Å². The number of carbonyl (C=O) groups is 1. The van der Waals surface area contributed by atoms with Crippen molar-refractivity contribution in [2.45, 2.75) is 51.1 Å². The zero-order valence-corrected chi connectivity index (χ0v) is 14.3. The molecular weight excluding hydrogens is 316 g/mol. The van der Waals surface area contributed by atoms with Crippen molar-refractivity contribution in [2.24, 2.45) is 5.73 Å². The van der Waals surface area contributed by atoms with Crippen LogP contribution in [0.2, 0.25) is 5.02 Å². The van der Waals surface area contributed by atoms with Gasteiger partial charge in [0.15, 0.2) is 18.1 Å². The van der Waals surface area contributed by atoms with E-state index in [1.807, 2.05) is 12.1 Å². The summed E-state index contributed by atoms with van der Waals surface area (Å²) in [6, 6.07) is 4.28. The second-order valence-corrected chi connectivity index (χ2v) is 6.34. The van der Waals surface area contributed by atoms with Gasteiger partial charge in [0.1, 0.15) is 0 Å². The molecule has 0 radical (unpaired) electrons. The highest BCUT2D eigenvalue weighted by Crippen LogP contribution is 2.36. The van der Waals surface area contributed by atoms with Crippen molar-refractivity contribution >= 4 is 17.5 Å². The van der Waals surface area contributed by atoms with Crippen LogP contribution < -0.4 is 20.5 Å². The first-order chi connectivity index (χ1) is 11.1. The quantitative estimate of drug-likeness (QED) is 0.748. The summed E-state index contributed by atoms with van der Waals surface area (Å²) in [7, 11) is 1.55. The first-order valence-corrected chi connectivity index (χ1v) is 8.49. The standard InChI is InChI=1S/C17H25ClN2O3/c1-22-15-9-12(8-14(18)17(15)23-11-16(19)21)10-20-13-6-4-2-3-5-7-13/h8-9,13,20H,2-7,10-11H2,1H3,(H2,19,21). The minimum atomic E-state index is -0.553. The van der Waals surface area contributed by atoms with Gasteiger partial charge in [-0.15, -0.1) is 0 Å². The minimum Gasteiger partial charge on any atom is -0.493 e. The summed E-state index contributed by atoms with van der Waals surface area (Å²) in [5.41, 5.74) is 6.13. The van der Waals surface area contributed by atoms with Gasteiger partial charge in [0.25, 0.3) is 5.91 Å². The zero-order valence-electron chi connectivity index (χ0n) is 13.6. The largest absolute Gasteiger partial charge is 0.493 e. The summed E-state index contributed by atoms with van der Waals surface area (Å²) >= 11 is 6.26. The van der Waals surface area contributed by atoms with Crippen molar-refractivity contribution in [3.63, 3.8) is 0 Å². The lowest BCUT2D eigenvalue weighted by Gasteiger charge is -2.18. The van der Waals surface area contributed by atoms with Crippen LogP contribution in [0.5, 0.6) is 11.5 Å². The maximum absolute atomic E-state index is 10.9. The van der Waals surface area contributed by atoms with Crippen molar-refractivity contribution in [3.8, 4) is 11.5 Å². The molecule has 1 aliphatic carbocycles. The van der Waals surface area contributed by atoms with E-state index in [1.54, 1.807) is 7.11 Å². The topological polar surface area (TPSA) is 73.6 Å². The lowest BCUT2D eigenvalue weighted by atomic mass is 10.1. The van der Waals surface area contributed by atoms with Gasteiger partial charge in [-0.3, -0.25) is 4.79 Å². The number of methoxy groups -OCH3 is 1. The molecule has 1 amide bonds. The normalized spacial score (nSPS) is 15.9. The third-order valence-electron chi connectivity index (χ3n) is 4.10. The van der Waals surface area contributed by atoms with Crippen LogP contribution in [0.15, 0.2) is 12.1 Å². The molecule has 2 rings (SSSR count). The minimum absolute atomic E-state index is 0.226. The van der Waals surface area contributed by atoms with Gasteiger partial charge in [-0.05, 0) is 30.5 Å². The van der Waals surface area contributed by atoms with Gasteiger partial charge in [-0.2, -0.15) is 0 Å². The summed E-state index contributed by atoms with van der Waals surface area (Å²) in [6.07, 6.45) is 7.71. The van der Waals surface area contributed by atoms with Gasteiger partial charge in [-0.1, -0.05) is 37.3 Å². The fraction of sp³-hybridized carbons (Fsp3) is 0.588. The van der Waals surface area contributed by atoms with Crippen molar-refractivity contribution in [1.82, 2.24) is 5.32 Å². The number of rotatable bonds is 7. The number of hydrogen-bond acceptors (Lipinski definition) is 4. The molecule has 0 aliphatic heterocycles. The van der Waals surface area contributed by atoms with Crippen LogP contribution in [0.1, 0.15) is 44.1 Å². The molecule has 1 aromatic rings. The Kier molecular flexibility index (Phi) is 6.99. The van der Waals surface area contributed by atoms with E-state index in [0.717, 1.165) is 12.1 Å². The van der Waals surface area contributed by atoms with Crippen LogP contribution in [-0.4, -0.2) is 25.7 Å². The summed E-state index contributed by atoms with van der Waals surface area (Å²) in [5.74, 6) is 0.310. The number of nitrogens with two attached hydrogens (primary N) is 1. The van der Waals surface area contributed by atoms with E-state index in [0.29, 0.717) is 22.6 Å². The third kappa shape index (κ3) is 5.59. The Labute approximate surface area is 142 Å². The molecule has 0 unspecified atom stereocenters. The molecule has 1 fully saturated rings. The monoisotopic (exact) mass is 340 g/mol. The number of primary amides is 1. The third-order valence-corrected chi connectivity index (χ3v) is 4.38. The molecule has 6 heteroatoms. The summed E-state index contributed by atoms with van der Waals surface area (Å²) in [6.45, 7) is 0.507. The molecule has 0 bridgehead atoms. The smallest absolute Gasteiger partial charge is 0.255 e. The van der Waals surface area contributed by atoms with E-state index < -0.39 is 5.91 Å². The highest BCUT2D eigenvalue weighted by molar-refractivity contribution is 6.32. The average molecular weight is 341 g/mol. The van der Waals surface area contributed by atoms with E-state index in [4.69, 9.17) is 26.8 Å². The molecule has 23 heavy (non-hydrogen) atoms. The summed E-state index contributed by atoms with van der Waals surface area (Å²) in [4.78, 5) is 10.9. The Morgan fingerprint density at radius 2 is 2.00 bits per heavy atom. The van der Waals surface area contributed by atoms with Gasteiger partial charge in [0.05, 0.1) is 12.1 Å². The maximum atomic E-state index is 10.9. The molecule has 3 N–H and O–H groups in total. The summed E-state index contributed by atoms with van der Waals surface area (Å²) in [5, 5.41) is 4.02. The van der Waals surface area contributed by atoms with Crippen LogP contribution >= 0.6 is 11.6 Å². The molecule has 0 heterocycles. The van der Waals surface area contributed by atoms with Gasteiger partial charge in [0, 0.05) is 12.6 Å². The van der Waals surface area contributed by atoms with E-state index >= 15 is 0 Å². The van der Waals surface area contributed by atoms with E-state index in [9.17, 15) is 4.79 Å². The fourth-order valence-corrected chi connectivity index (χ4v) is 3.19. The predicted octanol–water partition coefficient (Wildman–Crippen LogP) is 3.03. The van der Waals surface area contributed by atoms with Crippen LogP contribution in [-0.2, 0) is 11.3 Å². The number of hydrogen-bond donors (Lipinski definition) is 2. The molecule has 1 aliphatic rings. The maximum Gasteiger partial charge on any atom is 0.255 e. The van der Waals surface area contributed by atoms with Gasteiger partial charge >= 0.3 is 0 Å². The SMILES string of the molecule is COc1cc(CNC2CCCCCC2)cc(Cl)c1OCC(N)=O. The Hall–Kier alpha value is -1.46. The number of carbonyl (C=O) groups excluding carboxylic acids is 1. The second-order valence-electron chi connectivity index (χ2n) is 5.93. The molecule has 1 aromatic carbocycles. The van der Waals surface area contributed by atoms with E-state index in [1.165, 1.54) is 38.5 Å². The van der Waals surface area contributed by atoms with Crippen molar-refractivity contribution in [1.29, 1.82) is 0 Å². The van der Waals surface area contributed by atoms with Crippen LogP contribution in [0.25, 0.3) is 0 Å². The number of ether oxygens (including phenoxy) is 2. The second kappa shape index (κ2) is 8.99. The molecule has 0 aromatic heterocycles. The number of halogens is 1. The van der Waals surface area contributed by atoms with Gasteiger partial charge < -0.3 is 20.5 Å². The molecule has 1 saturated carbocycles. The van der Waals surface area contributed by atoms with Crippen molar-refractivity contribution < 1.29 is 14.3 Å². The van der Waals surface area contributed by atoms with Crippen LogP contribution in [0, 0.1) is 0 Å². The number of nitrogens with one attached hydrogen (secondary N) is 1.